The number of ether oxygens (including phenoxy) is 1. The van der Waals surface area contributed by atoms with Crippen molar-refractivity contribution >= 4 is 17.3 Å². The molecular weight excluding hydrogens is 144 g/mol. The van der Waals surface area contributed by atoms with Crippen LogP contribution in [0.25, 0.3) is 0 Å². The van der Waals surface area contributed by atoms with Crippen LogP contribution in [0.2, 0.25) is 0 Å². The number of hydrogen-bond donors (Lipinski definition) is 0. The highest BCUT2D eigenvalue weighted by Crippen LogP contribution is 2.26. The van der Waals surface area contributed by atoms with Gasteiger partial charge in [0.1, 0.15) is 0 Å². The predicted molar refractivity (Wildman–Crippen MR) is 46.2 cm³/mol. The molecule has 0 radical (unpaired) electrons. The second-order valence-corrected chi connectivity index (χ2v) is 3.14. The van der Waals surface area contributed by atoms with Gasteiger partial charge in [-0.15, -0.1) is 0 Å². The van der Waals surface area contributed by atoms with E-state index in [9.17, 15) is 0 Å². The standard InChI is InChI=1S/C8H14OS/c1-2-9-8(10)7-5-3-4-6-7/h7H,2-6H2,1H3. The zero-order valence-electron chi connectivity index (χ0n) is 6.43. The Morgan fingerprint density at radius 1 is 1.50 bits per heavy atom. The lowest BCUT2D eigenvalue weighted by Gasteiger charge is -2.10. The summed E-state index contributed by atoms with van der Waals surface area (Å²) < 4.78 is 5.26. The van der Waals surface area contributed by atoms with Crippen molar-refractivity contribution in [1.82, 2.24) is 0 Å². The summed E-state index contributed by atoms with van der Waals surface area (Å²) in [6, 6.07) is 0. The van der Waals surface area contributed by atoms with Crippen LogP contribution in [0.15, 0.2) is 0 Å². The fourth-order valence-corrected chi connectivity index (χ4v) is 1.78. The van der Waals surface area contributed by atoms with Gasteiger partial charge in [0.2, 0.25) is 0 Å². The van der Waals surface area contributed by atoms with E-state index < -0.39 is 0 Å². The van der Waals surface area contributed by atoms with Crippen molar-refractivity contribution in [3.05, 3.63) is 0 Å². The third-order valence-corrected chi connectivity index (χ3v) is 2.43. The van der Waals surface area contributed by atoms with Gasteiger partial charge in [0.25, 0.3) is 0 Å². The van der Waals surface area contributed by atoms with E-state index in [1.807, 2.05) is 6.92 Å². The molecule has 1 rings (SSSR count). The molecule has 0 aliphatic heterocycles. The molecule has 1 nitrogen and oxygen atoms in total. The van der Waals surface area contributed by atoms with Crippen molar-refractivity contribution in [1.29, 1.82) is 0 Å². The van der Waals surface area contributed by atoms with Gasteiger partial charge in [-0.1, -0.05) is 12.8 Å². The zero-order valence-corrected chi connectivity index (χ0v) is 7.25. The van der Waals surface area contributed by atoms with Gasteiger partial charge < -0.3 is 4.74 Å². The molecule has 1 fully saturated rings. The molecule has 1 aliphatic carbocycles. The minimum absolute atomic E-state index is 0.593. The van der Waals surface area contributed by atoms with Crippen molar-refractivity contribution < 1.29 is 4.74 Å². The van der Waals surface area contributed by atoms with E-state index in [-0.39, 0.29) is 0 Å². The topological polar surface area (TPSA) is 9.23 Å². The molecule has 0 heterocycles. The van der Waals surface area contributed by atoms with Crippen LogP contribution in [0.3, 0.4) is 0 Å². The molecule has 0 atom stereocenters. The minimum atomic E-state index is 0.593. The molecule has 0 aromatic rings. The highest BCUT2D eigenvalue weighted by molar-refractivity contribution is 7.80. The highest BCUT2D eigenvalue weighted by Gasteiger charge is 2.19. The second kappa shape index (κ2) is 3.91. The maximum Gasteiger partial charge on any atom is 0.162 e. The van der Waals surface area contributed by atoms with Crippen molar-refractivity contribution in [2.75, 3.05) is 6.61 Å². The van der Waals surface area contributed by atoms with Gasteiger partial charge in [-0.25, -0.2) is 0 Å². The Morgan fingerprint density at radius 3 is 2.60 bits per heavy atom. The van der Waals surface area contributed by atoms with E-state index in [1.54, 1.807) is 0 Å². The Labute approximate surface area is 67.8 Å². The smallest absolute Gasteiger partial charge is 0.162 e. The van der Waals surface area contributed by atoms with E-state index in [0.29, 0.717) is 5.92 Å². The van der Waals surface area contributed by atoms with Crippen molar-refractivity contribution in [2.24, 2.45) is 5.92 Å². The third-order valence-electron chi connectivity index (χ3n) is 1.98. The van der Waals surface area contributed by atoms with Crippen LogP contribution in [-0.2, 0) is 4.74 Å². The van der Waals surface area contributed by atoms with Crippen LogP contribution >= 0.6 is 12.2 Å². The molecule has 1 saturated carbocycles. The Bertz CT molecular complexity index is 116. The maximum atomic E-state index is 5.26. The molecule has 10 heavy (non-hydrogen) atoms. The van der Waals surface area contributed by atoms with Crippen LogP contribution in [0, 0.1) is 5.92 Å². The minimum Gasteiger partial charge on any atom is -0.487 e. The average Bonchev–Trinajstić information content (AvgIpc) is 2.38. The summed E-state index contributed by atoms with van der Waals surface area (Å²) >= 11 is 5.09. The lowest BCUT2D eigenvalue weighted by molar-refractivity contribution is 0.311. The molecule has 0 N–H and O–H groups in total. The Hall–Kier alpha value is -0.110. The third kappa shape index (κ3) is 1.94. The average molecular weight is 158 g/mol. The SMILES string of the molecule is CCOC(=S)C1CCCC1. The van der Waals surface area contributed by atoms with E-state index in [1.165, 1.54) is 25.7 Å². The predicted octanol–water partition coefficient (Wildman–Crippen LogP) is 2.54. The Kier molecular flexibility index (Phi) is 3.13. The van der Waals surface area contributed by atoms with Gasteiger partial charge in [-0.2, -0.15) is 0 Å². The first kappa shape index (κ1) is 7.99. The van der Waals surface area contributed by atoms with Gasteiger partial charge in [-0.05, 0) is 32.0 Å². The quantitative estimate of drug-likeness (QED) is 0.571. The van der Waals surface area contributed by atoms with Gasteiger partial charge in [0.15, 0.2) is 5.05 Å². The molecule has 58 valence electrons. The number of thiocarbonyl (C=S) groups is 1. The van der Waals surface area contributed by atoms with Crippen LogP contribution in [0.4, 0.5) is 0 Å². The van der Waals surface area contributed by atoms with Crippen LogP contribution < -0.4 is 0 Å². The number of rotatable bonds is 2. The largest absolute Gasteiger partial charge is 0.487 e. The summed E-state index contributed by atoms with van der Waals surface area (Å²) in [6.07, 6.45) is 5.16. The summed E-state index contributed by atoms with van der Waals surface area (Å²) in [4.78, 5) is 0. The van der Waals surface area contributed by atoms with Gasteiger partial charge in [0, 0.05) is 5.92 Å². The molecule has 0 unspecified atom stereocenters. The van der Waals surface area contributed by atoms with Crippen LogP contribution in [0.5, 0.6) is 0 Å². The molecular formula is C8H14OS. The first-order valence-electron chi connectivity index (χ1n) is 4.01. The summed E-state index contributed by atoms with van der Waals surface area (Å²) in [6.45, 7) is 2.72. The van der Waals surface area contributed by atoms with Crippen molar-refractivity contribution in [2.45, 2.75) is 32.6 Å². The van der Waals surface area contributed by atoms with E-state index in [2.05, 4.69) is 0 Å². The lowest BCUT2D eigenvalue weighted by atomic mass is 10.1. The van der Waals surface area contributed by atoms with E-state index in [0.717, 1.165) is 11.7 Å². The zero-order chi connectivity index (χ0) is 7.40. The van der Waals surface area contributed by atoms with Crippen molar-refractivity contribution in [3.8, 4) is 0 Å². The number of hydrogen-bond acceptors (Lipinski definition) is 2. The van der Waals surface area contributed by atoms with Crippen LogP contribution in [0.1, 0.15) is 32.6 Å². The van der Waals surface area contributed by atoms with E-state index >= 15 is 0 Å². The molecule has 0 saturated heterocycles. The fourth-order valence-electron chi connectivity index (χ4n) is 1.42. The molecule has 0 aromatic heterocycles. The molecule has 0 amide bonds. The highest BCUT2D eigenvalue weighted by atomic mass is 32.1. The fraction of sp³-hybridized carbons (Fsp3) is 0.875. The van der Waals surface area contributed by atoms with Crippen molar-refractivity contribution in [3.63, 3.8) is 0 Å². The second-order valence-electron chi connectivity index (χ2n) is 2.73. The van der Waals surface area contributed by atoms with E-state index in [4.69, 9.17) is 17.0 Å². The monoisotopic (exact) mass is 158 g/mol. The normalized spacial score (nSPS) is 19.3. The van der Waals surface area contributed by atoms with Crippen LogP contribution in [-0.4, -0.2) is 11.7 Å². The molecule has 0 spiro atoms. The first-order valence-corrected chi connectivity index (χ1v) is 4.42. The lowest BCUT2D eigenvalue weighted by Crippen LogP contribution is -2.11. The van der Waals surface area contributed by atoms with Gasteiger partial charge >= 0.3 is 0 Å². The molecule has 0 aromatic carbocycles. The molecule has 0 bridgehead atoms. The summed E-state index contributed by atoms with van der Waals surface area (Å²) in [5.74, 6) is 0.593. The molecule has 2 heteroatoms. The molecule has 1 aliphatic rings. The first-order chi connectivity index (χ1) is 4.84. The van der Waals surface area contributed by atoms with Gasteiger partial charge in [0.05, 0.1) is 6.61 Å². The summed E-state index contributed by atoms with van der Waals surface area (Å²) in [5, 5.41) is 0.847. The summed E-state index contributed by atoms with van der Waals surface area (Å²) in [7, 11) is 0. The Morgan fingerprint density at radius 2 is 2.10 bits per heavy atom. The maximum absolute atomic E-state index is 5.26. The Balaban J connectivity index is 2.25. The summed E-state index contributed by atoms with van der Waals surface area (Å²) in [5.41, 5.74) is 0. The van der Waals surface area contributed by atoms with Gasteiger partial charge in [-0.3, -0.25) is 0 Å².